The fourth-order valence-corrected chi connectivity index (χ4v) is 4.51. The van der Waals surface area contributed by atoms with E-state index < -0.39 is 0 Å². The first-order chi connectivity index (χ1) is 10.3. The minimum Gasteiger partial charge on any atom is -0.313 e. The Balaban J connectivity index is 1.59. The summed E-state index contributed by atoms with van der Waals surface area (Å²) in [6.07, 6.45) is 8.51. The lowest BCUT2D eigenvalue weighted by atomic mass is 9.85. The molecule has 0 spiro atoms. The van der Waals surface area contributed by atoms with E-state index in [1.807, 2.05) is 0 Å². The van der Waals surface area contributed by atoms with Crippen molar-refractivity contribution in [3.63, 3.8) is 0 Å². The van der Waals surface area contributed by atoms with Gasteiger partial charge in [0.1, 0.15) is 0 Å². The van der Waals surface area contributed by atoms with Gasteiger partial charge in [-0.2, -0.15) is 0 Å². The zero-order valence-corrected chi connectivity index (χ0v) is 13.6. The van der Waals surface area contributed by atoms with E-state index >= 15 is 0 Å². The van der Waals surface area contributed by atoms with E-state index in [-0.39, 0.29) is 0 Å². The summed E-state index contributed by atoms with van der Waals surface area (Å²) in [5.41, 5.74) is 2.88. The minimum absolute atomic E-state index is 0.494. The SMILES string of the molecule is CNC(CCN1CCC2CCCCC21)c1ccccc1C. The number of likely N-dealkylation sites (tertiary alicyclic amines) is 1. The molecule has 1 aliphatic carbocycles. The standard InChI is InChI=1S/C19H30N2/c1-15-7-3-5-9-17(15)18(20-2)12-14-21-13-11-16-8-4-6-10-19(16)21/h3,5,7,9,16,18-20H,4,6,8,10-14H2,1-2H3. The zero-order chi connectivity index (χ0) is 14.7. The van der Waals surface area contributed by atoms with E-state index in [4.69, 9.17) is 0 Å². The first-order valence-electron chi connectivity index (χ1n) is 8.76. The van der Waals surface area contributed by atoms with Gasteiger partial charge in [0.05, 0.1) is 0 Å². The number of benzene rings is 1. The van der Waals surface area contributed by atoms with E-state index in [0.717, 1.165) is 12.0 Å². The van der Waals surface area contributed by atoms with Crippen LogP contribution in [-0.2, 0) is 0 Å². The summed E-state index contributed by atoms with van der Waals surface area (Å²) in [5.74, 6) is 1.00. The van der Waals surface area contributed by atoms with Gasteiger partial charge < -0.3 is 10.2 Å². The Morgan fingerprint density at radius 1 is 1.19 bits per heavy atom. The normalized spacial score (nSPS) is 27.5. The van der Waals surface area contributed by atoms with Crippen molar-refractivity contribution in [2.75, 3.05) is 20.1 Å². The molecule has 0 amide bonds. The topological polar surface area (TPSA) is 15.3 Å². The second kappa shape index (κ2) is 6.93. The van der Waals surface area contributed by atoms with Crippen LogP contribution >= 0.6 is 0 Å². The van der Waals surface area contributed by atoms with Gasteiger partial charge in [-0.05, 0) is 63.2 Å². The molecule has 116 valence electrons. The molecule has 1 N–H and O–H groups in total. The van der Waals surface area contributed by atoms with E-state index in [1.165, 1.54) is 62.7 Å². The van der Waals surface area contributed by atoms with E-state index in [9.17, 15) is 0 Å². The van der Waals surface area contributed by atoms with Gasteiger partial charge in [-0.1, -0.05) is 37.1 Å². The van der Waals surface area contributed by atoms with Crippen LogP contribution in [0.25, 0.3) is 0 Å². The number of hydrogen-bond acceptors (Lipinski definition) is 2. The maximum atomic E-state index is 3.53. The highest BCUT2D eigenvalue weighted by atomic mass is 15.2. The van der Waals surface area contributed by atoms with Crippen LogP contribution in [0.1, 0.15) is 55.7 Å². The molecule has 2 aliphatic rings. The van der Waals surface area contributed by atoms with Gasteiger partial charge in [0.2, 0.25) is 0 Å². The van der Waals surface area contributed by atoms with E-state index in [1.54, 1.807) is 0 Å². The smallest absolute Gasteiger partial charge is 0.0332 e. The van der Waals surface area contributed by atoms with Crippen molar-refractivity contribution in [1.82, 2.24) is 10.2 Å². The van der Waals surface area contributed by atoms with Gasteiger partial charge in [0, 0.05) is 18.6 Å². The van der Waals surface area contributed by atoms with Crippen LogP contribution in [0.15, 0.2) is 24.3 Å². The summed E-state index contributed by atoms with van der Waals surface area (Å²) in [5, 5.41) is 3.53. The maximum absolute atomic E-state index is 3.53. The van der Waals surface area contributed by atoms with Crippen molar-refractivity contribution in [2.24, 2.45) is 5.92 Å². The molecular formula is C19H30N2. The first kappa shape index (κ1) is 15.1. The Kier molecular flexibility index (Phi) is 4.97. The lowest BCUT2D eigenvalue weighted by molar-refractivity contribution is 0.176. The summed E-state index contributed by atoms with van der Waals surface area (Å²) in [7, 11) is 2.10. The molecule has 3 atom stereocenters. The number of nitrogens with one attached hydrogen (secondary N) is 1. The van der Waals surface area contributed by atoms with Crippen molar-refractivity contribution < 1.29 is 0 Å². The summed E-state index contributed by atoms with van der Waals surface area (Å²) < 4.78 is 0. The second-order valence-corrected chi connectivity index (χ2v) is 6.92. The quantitative estimate of drug-likeness (QED) is 0.883. The summed E-state index contributed by atoms with van der Waals surface area (Å²) in [4.78, 5) is 2.78. The molecule has 2 nitrogen and oxygen atoms in total. The van der Waals surface area contributed by atoms with Crippen LogP contribution in [-0.4, -0.2) is 31.1 Å². The molecule has 2 fully saturated rings. The molecule has 1 aromatic carbocycles. The third-order valence-corrected chi connectivity index (χ3v) is 5.74. The van der Waals surface area contributed by atoms with Crippen molar-refractivity contribution in [3.05, 3.63) is 35.4 Å². The zero-order valence-electron chi connectivity index (χ0n) is 13.6. The van der Waals surface area contributed by atoms with Crippen LogP contribution in [0, 0.1) is 12.8 Å². The molecule has 1 aromatic rings. The largest absolute Gasteiger partial charge is 0.313 e. The fourth-order valence-electron chi connectivity index (χ4n) is 4.51. The van der Waals surface area contributed by atoms with Crippen LogP contribution in [0.5, 0.6) is 0 Å². The lowest BCUT2D eigenvalue weighted by Gasteiger charge is -2.32. The molecule has 1 saturated carbocycles. The van der Waals surface area contributed by atoms with Gasteiger partial charge in [-0.25, -0.2) is 0 Å². The Morgan fingerprint density at radius 2 is 2.00 bits per heavy atom. The van der Waals surface area contributed by atoms with E-state index in [2.05, 4.69) is 48.5 Å². The third-order valence-electron chi connectivity index (χ3n) is 5.74. The molecule has 0 radical (unpaired) electrons. The van der Waals surface area contributed by atoms with Crippen molar-refractivity contribution in [1.29, 1.82) is 0 Å². The number of hydrogen-bond donors (Lipinski definition) is 1. The molecule has 21 heavy (non-hydrogen) atoms. The highest BCUT2D eigenvalue weighted by Crippen LogP contribution is 2.36. The Hall–Kier alpha value is -0.860. The third kappa shape index (κ3) is 3.32. The molecule has 0 aromatic heterocycles. The summed E-state index contributed by atoms with van der Waals surface area (Å²) in [6, 6.07) is 10.2. The highest BCUT2D eigenvalue weighted by molar-refractivity contribution is 5.28. The van der Waals surface area contributed by atoms with Gasteiger partial charge in [0.15, 0.2) is 0 Å². The molecule has 3 unspecified atom stereocenters. The summed E-state index contributed by atoms with van der Waals surface area (Å²) in [6.45, 7) is 4.81. The fraction of sp³-hybridized carbons (Fsp3) is 0.684. The van der Waals surface area contributed by atoms with Gasteiger partial charge in [-0.3, -0.25) is 0 Å². The predicted octanol–water partition coefficient (Wildman–Crippen LogP) is 3.91. The van der Waals surface area contributed by atoms with Crippen LogP contribution < -0.4 is 5.32 Å². The van der Waals surface area contributed by atoms with Gasteiger partial charge >= 0.3 is 0 Å². The number of nitrogens with zero attached hydrogens (tertiary/aromatic N) is 1. The van der Waals surface area contributed by atoms with Gasteiger partial charge in [0.25, 0.3) is 0 Å². The number of aryl methyl sites for hydroxylation is 1. The minimum atomic E-state index is 0.494. The average molecular weight is 286 g/mol. The average Bonchev–Trinajstić information content (AvgIpc) is 2.93. The second-order valence-electron chi connectivity index (χ2n) is 6.92. The predicted molar refractivity (Wildman–Crippen MR) is 89.5 cm³/mol. The Labute approximate surface area is 129 Å². The summed E-state index contributed by atoms with van der Waals surface area (Å²) >= 11 is 0. The maximum Gasteiger partial charge on any atom is 0.0332 e. The molecule has 2 heteroatoms. The monoisotopic (exact) mass is 286 g/mol. The van der Waals surface area contributed by atoms with Crippen LogP contribution in [0.3, 0.4) is 0 Å². The van der Waals surface area contributed by atoms with Gasteiger partial charge in [-0.15, -0.1) is 0 Å². The van der Waals surface area contributed by atoms with Crippen molar-refractivity contribution >= 4 is 0 Å². The molecular weight excluding hydrogens is 256 g/mol. The van der Waals surface area contributed by atoms with Crippen LogP contribution in [0.2, 0.25) is 0 Å². The molecule has 0 bridgehead atoms. The molecule has 1 saturated heterocycles. The first-order valence-corrected chi connectivity index (χ1v) is 8.76. The highest BCUT2D eigenvalue weighted by Gasteiger charge is 2.35. The molecule has 3 rings (SSSR count). The lowest BCUT2D eigenvalue weighted by Crippen LogP contribution is -2.36. The van der Waals surface area contributed by atoms with Crippen LogP contribution in [0.4, 0.5) is 0 Å². The van der Waals surface area contributed by atoms with E-state index in [0.29, 0.717) is 6.04 Å². The molecule has 1 heterocycles. The Morgan fingerprint density at radius 3 is 2.81 bits per heavy atom. The van der Waals surface area contributed by atoms with Crippen molar-refractivity contribution in [3.8, 4) is 0 Å². The Bertz CT molecular complexity index is 457. The van der Waals surface area contributed by atoms with Crippen molar-refractivity contribution in [2.45, 2.75) is 57.5 Å². The number of rotatable bonds is 5. The molecule has 1 aliphatic heterocycles. The number of fused-ring (bicyclic) bond motifs is 1.